The van der Waals surface area contributed by atoms with Crippen LogP contribution in [0.4, 0.5) is 0 Å². The van der Waals surface area contributed by atoms with Crippen molar-refractivity contribution in [3.63, 3.8) is 0 Å². The van der Waals surface area contributed by atoms with E-state index in [2.05, 4.69) is 16.9 Å². The second-order valence-electron chi connectivity index (χ2n) is 3.03. The van der Waals surface area contributed by atoms with Crippen LogP contribution in [0.15, 0.2) is 5.16 Å². The van der Waals surface area contributed by atoms with Crippen LogP contribution in [-0.2, 0) is 9.68 Å². The Morgan fingerprint density at radius 3 is 3.25 bits per heavy atom. The van der Waals surface area contributed by atoms with Crippen molar-refractivity contribution < 1.29 is 9.68 Å². The van der Waals surface area contributed by atoms with E-state index in [0.29, 0.717) is 6.61 Å². The Labute approximate surface area is 72.7 Å². The van der Waals surface area contributed by atoms with Crippen molar-refractivity contribution in [1.29, 1.82) is 0 Å². The summed E-state index contributed by atoms with van der Waals surface area (Å²) in [5.74, 6) is 4.92. The van der Waals surface area contributed by atoms with Crippen LogP contribution in [0.25, 0.3) is 0 Å². The minimum absolute atomic E-state index is 0.0434. The molecule has 1 atom stereocenters. The molecule has 1 aliphatic heterocycles. The Morgan fingerprint density at radius 2 is 2.58 bits per heavy atom. The van der Waals surface area contributed by atoms with Gasteiger partial charge in [-0.1, -0.05) is 18.5 Å². The number of oxime groups is 1. The van der Waals surface area contributed by atoms with Gasteiger partial charge in [0, 0.05) is 6.42 Å². The maximum Gasteiger partial charge on any atom is 0.158 e. The first-order chi connectivity index (χ1) is 5.86. The summed E-state index contributed by atoms with van der Waals surface area (Å²) >= 11 is 0. The normalized spacial score (nSPS) is 22.2. The zero-order chi connectivity index (χ0) is 8.81. The summed E-state index contributed by atoms with van der Waals surface area (Å²) in [4.78, 5) is 9.57. The van der Waals surface area contributed by atoms with Gasteiger partial charge in [-0.05, 0) is 12.8 Å². The van der Waals surface area contributed by atoms with Gasteiger partial charge in [-0.3, -0.25) is 0 Å². The van der Waals surface area contributed by atoms with Gasteiger partial charge < -0.3 is 9.68 Å². The van der Waals surface area contributed by atoms with Gasteiger partial charge in [0.2, 0.25) is 0 Å². The minimum atomic E-state index is 0.0434. The van der Waals surface area contributed by atoms with Gasteiger partial charge in [0.15, 0.2) is 6.10 Å². The van der Waals surface area contributed by atoms with Crippen LogP contribution >= 0.6 is 0 Å². The summed E-state index contributed by atoms with van der Waals surface area (Å²) in [5, 5.41) is 3.95. The molecule has 0 amide bonds. The largest absolute Gasteiger partial charge is 0.390 e. The summed E-state index contributed by atoms with van der Waals surface area (Å²) in [6.07, 6.45) is 4.33. The molecule has 0 aromatic carbocycles. The summed E-state index contributed by atoms with van der Waals surface area (Å²) in [6, 6.07) is 0. The monoisotopic (exact) mass is 172 g/mol. The Morgan fingerprint density at radius 1 is 1.75 bits per heavy atom. The standard InChI is InChI=1S/C8H16N2O2/c1-2-3-4-7-5-8(6-11-9)12-10-7/h8H,2-6,9H2,1H3. The molecule has 4 nitrogen and oxygen atoms in total. The molecule has 0 fully saturated rings. The number of unbranched alkanes of at least 4 members (excludes halogenated alkanes) is 1. The van der Waals surface area contributed by atoms with Gasteiger partial charge in [-0.15, -0.1) is 0 Å². The number of nitrogens with zero attached hydrogens (tertiary/aromatic N) is 1. The molecule has 0 spiro atoms. The molecular weight excluding hydrogens is 156 g/mol. The van der Waals surface area contributed by atoms with E-state index < -0.39 is 0 Å². The second-order valence-corrected chi connectivity index (χ2v) is 3.03. The van der Waals surface area contributed by atoms with Crippen LogP contribution in [0, 0.1) is 0 Å². The molecule has 1 aliphatic rings. The maximum absolute atomic E-state index is 5.09. The van der Waals surface area contributed by atoms with Gasteiger partial charge in [0.05, 0.1) is 5.71 Å². The van der Waals surface area contributed by atoms with Crippen LogP contribution in [-0.4, -0.2) is 18.4 Å². The van der Waals surface area contributed by atoms with Gasteiger partial charge >= 0.3 is 0 Å². The van der Waals surface area contributed by atoms with E-state index in [4.69, 9.17) is 10.7 Å². The molecule has 1 rings (SSSR count). The number of hydrogen-bond donors (Lipinski definition) is 1. The SMILES string of the molecule is CCCCC1=NOC(CON)C1. The Bertz CT molecular complexity index is 159. The first-order valence-electron chi connectivity index (χ1n) is 4.40. The fourth-order valence-electron chi connectivity index (χ4n) is 1.21. The van der Waals surface area contributed by atoms with E-state index in [9.17, 15) is 0 Å². The zero-order valence-electron chi connectivity index (χ0n) is 7.45. The van der Waals surface area contributed by atoms with E-state index in [-0.39, 0.29) is 6.10 Å². The minimum Gasteiger partial charge on any atom is -0.390 e. The van der Waals surface area contributed by atoms with Gasteiger partial charge in [0.1, 0.15) is 6.61 Å². The lowest BCUT2D eigenvalue weighted by Gasteiger charge is -2.04. The van der Waals surface area contributed by atoms with E-state index in [0.717, 1.165) is 18.6 Å². The summed E-state index contributed by atoms with van der Waals surface area (Å²) in [7, 11) is 0. The van der Waals surface area contributed by atoms with Crippen LogP contribution in [0.3, 0.4) is 0 Å². The predicted octanol–water partition coefficient (Wildman–Crippen LogP) is 1.21. The molecule has 0 saturated heterocycles. The van der Waals surface area contributed by atoms with Crippen molar-refractivity contribution in [2.24, 2.45) is 11.1 Å². The van der Waals surface area contributed by atoms with Gasteiger partial charge in [0.25, 0.3) is 0 Å². The van der Waals surface area contributed by atoms with Crippen LogP contribution < -0.4 is 5.90 Å². The molecule has 1 unspecified atom stereocenters. The van der Waals surface area contributed by atoms with E-state index >= 15 is 0 Å². The average molecular weight is 172 g/mol. The summed E-state index contributed by atoms with van der Waals surface area (Å²) in [5.41, 5.74) is 1.14. The Balaban J connectivity index is 2.14. The molecular formula is C8H16N2O2. The third-order valence-electron chi connectivity index (χ3n) is 1.90. The highest BCUT2D eigenvalue weighted by Crippen LogP contribution is 2.14. The lowest BCUT2D eigenvalue weighted by atomic mass is 10.1. The molecule has 4 heteroatoms. The molecule has 0 aromatic heterocycles. The fraction of sp³-hybridized carbons (Fsp3) is 0.875. The van der Waals surface area contributed by atoms with Crippen molar-refractivity contribution in [3.05, 3.63) is 0 Å². The van der Waals surface area contributed by atoms with Crippen molar-refractivity contribution in [2.45, 2.75) is 38.7 Å². The lowest BCUT2D eigenvalue weighted by Crippen LogP contribution is -2.18. The molecule has 0 radical (unpaired) electrons. The number of rotatable bonds is 5. The topological polar surface area (TPSA) is 56.8 Å². The van der Waals surface area contributed by atoms with Crippen LogP contribution in [0.2, 0.25) is 0 Å². The van der Waals surface area contributed by atoms with E-state index in [1.54, 1.807) is 0 Å². The van der Waals surface area contributed by atoms with Crippen LogP contribution in [0.5, 0.6) is 0 Å². The third kappa shape index (κ3) is 2.79. The average Bonchev–Trinajstić information content (AvgIpc) is 2.50. The molecule has 2 N–H and O–H groups in total. The predicted molar refractivity (Wildman–Crippen MR) is 46.6 cm³/mol. The zero-order valence-corrected chi connectivity index (χ0v) is 7.45. The van der Waals surface area contributed by atoms with Crippen LogP contribution in [0.1, 0.15) is 32.6 Å². The van der Waals surface area contributed by atoms with Crippen molar-refractivity contribution in [2.75, 3.05) is 6.61 Å². The highest BCUT2D eigenvalue weighted by molar-refractivity contribution is 5.85. The smallest absolute Gasteiger partial charge is 0.158 e. The summed E-state index contributed by atoms with van der Waals surface area (Å²) < 4.78 is 0. The van der Waals surface area contributed by atoms with Gasteiger partial charge in [-0.2, -0.15) is 0 Å². The third-order valence-corrected chi connectivity index (χ3v) is 1.90. The van der Waals surface area contributed by atoms with Crippen molar-refractivity contribution >= 4 is 5.71 Å². The molecule has 0 bridgehead atoms. The number of nitrogens with two attached hydrogens (primary N) is 1. The highest BCUT2D eigenvalue weighted by Gasteiger charge is 2.19. The number of hydrogen-bond acceptors (Lipinski definition) is 4. The molecule has 12 heavy (non-hydrogen) atoms. The lowest BCUT2D eigenvalue weighted by molar-refractivity contribution is 0.00234. The van der Waals surface area contributed by atoms with Crippen molar-refractivity contribution in [1.82, 2.24) is 0 Å². The van der Waals surface area contributed by atoms with E-state index in [1.807, 2.05) is 0 Å². The highest BCUT2D eigenvalue weighted by atomic mass is 16.7. The first-order valence-corrected chi connectivity index (χ1v) is 4.40. The Kier molecular flexibility index (Phi) is 4.04. The first kappa shape index (κ1) is 9.48. The maximum atomic E-state index is 5.09. The molecule has 1 heterocycles. The molecule has 0 aliphatic carbocycles. The molecule has 0 saturated carbocycles. The Hall–Kier alpha value is -0.610. The quantitative estimate of drug-likeness (QED) is 0.634. The van der Waals surface area contributed by atoms with Crippen molar-refractivity contribution in [3.8, 4) is 0 Å². The van der Waals surface area contributed by atoms with E-state index in [1.165, 1.54) is 12.8 Å². The molecule has 0 aromatic rings. The summed E-state index contributed by atoms with van der Waals surface area (Å²) in [6.45, 7) is 2.59. The fourth-order valence-corrected chi connectivity index (χ4v) is 1.21. The van der Waals surface area contributed by atoms with Gasteiger partial charge in [-0.25, -0.2) is 5.90 Å². The molecule has 70 valence electrons. The second kappa shape index (κ2) is 5.11.